The first kappa shape index (κ1) is 19.7. The van der Waals surface area contributed by atoms with Gasteiger partial charge in [-0.15, -0.1) is 0 Å². The van der Waals surface area contributed by atoms with Crippen LogP contribution < -0.4 is 5.32 Å². The number of amides is 2. The number of aromatic amines is 1. The molecule has 2 heterocycles. The van der Waals surface area contributed by atoms with Crippen molar-refractivity contribution in [1.29, 1.82) is 0 Å². The van der Waals surface area contributed by atoms with Gasteiger partial charge in [0, 0.05) is 25.2 Å². The first-order valence-corrected chi connectivity index (χ1v) is 9.33. The number of carbonyl (C=O) groups excluding carboxylic acids is 3. The average Bonchev–Trinajstić information content (AvgIpc) is 3.23. The Morgan fingerprint density at radius 1 is 1.25 bits per heavy atom. The number of carbonyl (C=O) groups is 3. The van der Waals surface area contributed by atoms with E-state index in [9.17, 15) is 14.4 Å². The van der Waals surface area contributed by atoms with Crippen molar-refractivity contribution in [1.82, 2.24) is 15.2 Å². The Morgan fingerprint density at radius 3 is 2.57 bits per heavy atom. The summed E-state index contributed by atoms with van der Waals surface area (Å²) in [6.45, 7) is 4.56. The van der Waals surface area contributed by atoms with Gasteiger partial charge in [0.2, 0.25) is 5.91 Å². The summed E-state index contributed by atoms with van der Waals surface area (Å²) < 4.78 is 4.81. The van der Waals surface area contributed by atoms with Gasteiger partial charge in [-0.3, -0.25) is 9.59 Å². The number of hydrogen-bond acceptors (Lipinski definition) is 4. The van der Waals surface area contributed by atoms with Gasteiger partial charge >= 0.3 is 5.97 Å². The molecule has 2 N–H and O–H groups in total. The van der Waals surface area contributed by atoms with Gasteiger partial charge in [-0.1, -0.05) is 30.3 Å². The molecule has 1 aliphatic rings. The predicted octanol–water partition coefficient (Wildman–Crippen LogP) is 2.51. The van der Waals surface area contributed by atoms with Crippen LogP contribution in [0, 0.1) is 13.8 Å². The zero-order valence-electron chi connectivity index (χ0n) is 16.4. The Hall–Kier alpha value is -3.09. The van der Waals surface area contributed by atoms with E-state index in [-0.39, 0.29) is 17.9 Å². The molecule has 0 radical (unpaired) electrons. The van der Waals surface area contributed by atoms with Crippen LogP contribution in [0.15, 0.2) is 30.3 Å². The molecule has 2 amide bonds. The zero-order chi connectivity index (χ0) is 20.3. The molecule has 0 bridgehead atoms. The van der Waals surface area contributed by atoms with Crippen molar-refractivity contribution < 1.29 is 19.1 Å². The molecule has 1 fully saturated rings. The second-order valence-electron chi connectivity index (χ2n) is 7.00. The van der Waals surface area contributed by atoms with Crippen molar-refractivity contribution in [3.8, 4) is 0 Å². The Bertz CT molecular complexity index is 889. The second kappa shape index (κ2) is 8.29. The predicted molar refractivity (Wildman–Crippen MR) is 104 cm³/mol. The molecular formula is C21H25N3O4. The van der Waals surface area contributed by atoms with Crippen LogP contribution in [0.4, 0.5) is 0 Å². The topological polar surface area (TPSA) is 91.5 Å². The number of likely N-dealkylation sites (tertiary alicyclic amines) is 1. The van der Waals surface area contributed by atoms with E-state index in [2.05, 4.69) is 10.3 Å². The summed E-state index contributed by atoms with van der Waals surface area (Å²) in [6, 6.07) is 9.22. The van der Waals surface area contributed by atoms with E-state index in [0.29, 0.717) is 42.0 Å². The smallest absolute Gasteiger partial charge is 0.339 e. The summed E-state index contributed by atoms with van der Waals surface area (Å²) in [5, 5.41) is 3.02. The summed E-state index contributed by atoms with van der Waals surface area (Å²) in [5.41, 5.74) is 2.75. The summed E-state index contributed by atoms with van der Waals surface area (Å²) in [5.74, 6) is -0.695. The van der Waals surface area contributed by atoms with E-state index in [1.807, 2.05) is 30.3 Å². The molecular weight excluding hydrogens is 358 g/mol. The lowest BCUT2D eigenvalue weighted by Gasteiger charge is -2.25. The highest BCUT2D eigenvalue weighted by atomic mass is 16.5. The van der Waals surface area contributed by atoms with Crippen molar-refractivity contribution in [3.63, 3.8) is 0 Å². The van der Waals surface area contributed by atoms with E-state index in [0.717, 1.165) is 12.0 Å². The second-order valence-corrected chi connectivity index (χ2v) is 7.00. The van der Waals surface area contributed by atoms with Crippen LogP contribution in [-0.4, -0.2) is 47.9 Å². The van der Waals surface area contributed by atoms with Crippen molar-refractivity contribution in [2.45, 2.75) is 32.7 Å². The minimum Gasteiger partial charge on any atom is -0.465 e. The number of aromatic nitrogens is 1. The van der Waals surface area contributed by atoms with Crippen molar-refractivity contribution in [2.24, 2.45) is 0 Å². The SMILES string of the molecule is COC(=O)c1c(C)[nH]c(C(=O)NC(CN2CCCC2=O)c2ccccc2)c1C. The maximum absolute atomic E-state index is 13.0. The van der Waals surface area contributed by atoms with Gasteiger partial charge in [-0.2, -0.15) is 0 Å². The zero-order valence-corrected chi connectivity index (χ0v) is 16.4. The van der Waals surface area contributed by atoms with Crippen LogP contribution >= 0.6 is 0 Å². The fourth-order valence-electron chi connectivity index (χ4n) is 3.65. The number of esters is 1. The highest BCUT2D eigenvalue weighted by Crippen LogP contribution is 2.22. The van der Waals surface area contributed by atoms with E-state index in [1.165, 1.54) is 7.11 Å². The van der Waals surface area contributed by atoms with Gasteiger partial charge in [0.15, 0.2) is 0 Å². The molecule has 1 aromatic carbocycles. The number of benzene rings is 1. The van der Waals surface area contributed by atoms with E-state index in [4.69, 9.17) is 4.74 Å². The number of nitrogens with zero attached hydrogens (tertiary/aromatic N) is 1. The number of rotatable bonds is 6. The lowest BCUT2D eigenvalue weighted by atomic mass is 10.1. The third-order valence-corrected chi connectivity index (χ3v) is 5.14. The quantitative estimate of drug-likeness (QED) is 0.750. The van der Waals surface area contributed by atoms with Gasteiger partial charge in [-0.05, 0) is 31.4 Å². The summed E-state index contributed by atoms with van der Waals surface area (Å²) >= 11 is 0. The highest BCUT2D eigenvalue weighted by molar-refractivity contribution is 6.00. The first-order chi connectivity index (χ1) is 13.4. The van der Waals surface area contributed by atoms with Crippen molar-refractivity contribution in [3.05, 3.63) is 58.4 Å². The van der Waals surface area contributed by atoms with Crippen molar-refractivity contribution >= 4 is 17.8 Å². The maximum Gasteiger partial charge on any atom is 0.339 e. The standard InChI is InChI=1S/C21H25N3O4/c1-13-18(21(27)28-3)14(2)22-19(13)20(26)23-16(15-8-5-4-6-9-15)12-24-11-7-10-17(24)25/h4-6,8-9,16,22H,7,10-12H2,1-3H3,(H,23,26). The van der Waals surface area contributed by atoms with Crippen LogP contribution in [0.25, 0.3) is 0 Å². The fraction of sp³-hybridized carbons (Fsp3) is 0.381. The van der Waals surface area contributed by atoms with Gasteiger partial charge in [-0.25, -0.2) is 4.79 Å². The van der Waals surface area contributed by atoms with E-state index in [1.54, 1.807) is 18.7 Å². The van der Waals surface area contributed by atoms with E-state index >= 15 is 0 Å². The number of ether oxygens (including phenoxy) is 1. The molecule has 148 valence electrons. The monoisotopic (exact) mass is 383 g/mol. The molecule has 7 nitrogen and oxygen atoms in total. The normalized spacial score (nSPS) is 14.8. The van der Waals surface area contributed by atoms with Crippen LogP contribution in [0.3, 0.4) is 0 Å². The third-order valence-electron chi connectivity index (χ3n) is 5.14. The molecule has 2 aromatic rings. The molecule has 0 spiro atoms. The number of hydrogen-bond donors (Lipinski definition) is 2. The van der Waals surface area contributed by atoms with Crippen LogP contribution in [0.1, 0.15) is 56.6 Å². The minimum absolute atomic E-state index is 0.107. The number of nitrogens with one attached hydrogen (secondary N) is 2. The van der Waals surface area contributed by atoms with E-state index < -0.39 is 5.97 Å². The molecule has 1 atom stereocenters. The first-order valence-electron chi connectivity index (χ1n) is 9.33. The number of H-pyrrole nitrogens is 1. The lowest BCUT2D eigenvalue weighted by Crippen LogP contribution is -2.39. The largest absolute Gasteiger partial charge is 0.465 e. The fourth-order valence-corrected chi connectivity index (χ4v) is 3.65. The Labute approximate surface area is 164 Å². The number of aryl methyl sites for hydroxylation is 1. The molecule has 1 aromatic heterocycles. The van der Waals surface area contributed by atoms with Gasteiger partial charge in [0.1, 0.15) is 5.69 Å². The lowest BCUT2D eigenvalue weighted by molar-refractivity contribution is -0.128. The van der Waals surface area contributed by atoms with Crippen molar-refractivity contribution in [2.75, 3.05) is 20.2 Å². The number of methoxy groups -OCH3 is 1. The molecule has 28 heavy (non-hydrogen) atoms. The Morgan fingerprint density at radius 2 is 1.96 bits per heavy atom. The minimum atomic E-state index is -0.479. The Kier molecular flexibility index (Phi) is 5.82. The molecule has 1 unspecified atom stereocenters. The molecule has 0 saturated carbocycles. The summed E-state index contributed by atoms with van der Waals surface area (Å²) in [4.78, 5) is 41.8. The van der Waals surface area contributed by atoms with Gasteiger partial charge in [0.25, 0.3) is 5.91 Å². The molecule has 0 aliphatic carbocycles. The molecule has 1 saturated heterocycles. The highest BCUT2D eigenvalue weighted by Gasteiger charge is 2.28. The maximum atomic E-state index is 13.0. The summed E-state index contributed by atoms with van der Waals surface area (Å²) in [6.07, 6.45) is 1.39. The average molecular weight is 383 g/mol. The summed E-state index contributed by atoms with van der Waals surface area (Å²) in [7, 11) is 1.31. The molecule has 7 heteroatoms. The molecule has 3 rings (SSSR count). The molecule has 1 aliphatic heterocycles. The Balaban J connectivity index is 1.85. The van der Waals surface area contributed by atoms with Crippen LogP contribution in [0.2, 0.25) is 0 Å². The van der Waals surface area contributed by atoms with Crippen LogP contribution in [0.5, 0.6) is 0 Å². The van der Waals surface area contributed by atoms with Crippen LogP contribution in [-0.2, 0) is 9.53 Å². The van der Waals surface area contributed by atoms with Gasteiger partial charge < -0.3 is 19.9 Å². The van der Waals surface area contributed by atoms with Gasteiger partial charge in [0.05, 0.1) is 18.7 Å². The third kappa shape index (κ3) is 3.93.